The van der Waals surface area contributed by atoms with Crippen LogP contribution in [0.5, 0.6) is 0 Å². The van der Waals surface area contributed by atoms with Crippen LogP contribution in [0.3, 0.4) is 0 Å². The SMILES string of the molecule is CCCCNc1cnc(C(=O)Nc2ccc(Br)c(C)c2)cn1. The third-order valence-electron chi connectivity index (χ3n) is 3.14. The van der Waals surface area contributed by atoms with Crippen LogP contribution in [0, 0.1) is 6.92 Å². The first-order valence-electron chi connectivity index (χ1n) is 7.23. The Morgan fingerprint density at radius 1 is 1.27 bits per heavy atom. The summed E-state index contributed by atoms with van der Waals surface area (Å²) < 4.78 is 1.01. The van der Waals surface area contributed by atoms with Gasteiger partial charge in [-0.1, -0.05) is 29.3 Å². The van der Waals surface area contributed by atoms with E-state index in [0.717, 1.165) is 35.1 Å². The molecule has 1 amide bonds. The van der Waals surface area contributed by atoms with Crippen molar-refractivity contribution in [3.8, 4) is 0 Å². The molecular weight excluding hydrogens is 344 g/mol. The van der Waals surface area contributed by atoms with Crippen molar-refractivity contribution in [2.24, 2.45) is 0 Å². The van der Waals surface area contributed by atoms with E-state index in [-0.39, 0.29) is 5.91 Å². The quantitative estimate of drug-likeness (QED) is 0.761. The molecule has 0 aliphatic carbocycles. The third kappa shape index (κ3) is 4.53. The molecule has 0 aliphatic heterocycles. The summed E-state index contributed by atoms with van der Waals surface area (Å²) in [5.74, 6) is 0.416. The number of nitrogens with zero attached hydrogens (tertiary/aromatic N) is 2. The molecule has 0 spiro atoms. The van der Waals surface area contributed by atoms with Gasteiger partial charge in [-0.3, -0.25) is 4.79 Å². The Hall–Kier alpha value is -1.95. The van der Waals surface area contributed by atoms with E-state index >= 15 is 0 Å². The van der Waals surface area contributed by atoms with Crippen LogP contribution < -0.4 is 10.6 Å². The second-order valence-corrected chi connectivity index (χ2v) is 5.84. The molecule has 0 radical (unpaired) electrons. The van der Waals surface area contributed by atoms with Gasteiger partial charge < -0.3 is 10.6 Å². The Morgan fingerprint density at radius 3 is 2.73 bits per heavy atom. The van der Waals surface area contributed by atoms with Gasteiger partial charge in [-0.15, -0.1) is 0 Å². The lowest BCUT2D eigenvalue weighted by Gasteiger charge is -2.07. The minimum Gasteiger partial charge on any atom is -0.369 e. The van der Waals surface area contributed by atoms with Crippen molar-refractivity contribution in [3.63, 3.8) is 0 Å². The van der Waals surface area contributed by atoms with E-state index in [1.165, 1.54) is 6.20 Å². The second-order valence-electron chi connectivity index (χ2n) is 4.99. The van der Waals surface area contributed by atoms with Gasteiger partial charge in [-0.2, -0.15) is 0 Å². The molecule has 2 aromatic rings. The number of benzene rings is 1. The van der Waals surface area contributed by atoms with Gasteiger partial charge in [0.25, 0.3) is 5.91 Å². The summed E-state index contributed by atoms with van der Waals surface area (Å²) in [6.45, 7) is 4.95. The van der Waals surface area contributed by atoms with Gasteiger partial charge >= 0.3 is 0 Å². The first-order chi connectivity index (χ1) is 10.6. The van der Waals surface area contributed by atoms with Crippen LogP contribution >= 0.6 is 15.9 Å². The Bertz CT molecular complexity index is 643. The maximum atomic E-state index is 12.1. The van der Waals surface area contributed by atoms with E-state index in [2.05, 4.69) is 43.5 Å². The van der Waals surface area contributed by atoms with Crippen molar-refractivity contribution >= 4 is 33.3 Å². The van der Waals surface area contributed by atoms with Crippen molar-refractivity contribution in [1.82, 2.24) is 9.97 Å². The maximum absolute atomic E-state index is 12.1. The number of aromatic nitrogens is 2. The molecule has 1 aromatic carbocycles. The van der Waals surface area contributed by atoms with Crippen LogP contribution in [-0.2, 0) is 0 Å². The summed E-state index contributed by atoms with van der Waals surface area (Å²) in [7, 11) is 0. The maximum Gasteiger partial charge on any atom is 0.275 e. The Labute approximate surface area is 138 Å². The first-order valence-corrected chi connectivity index (χ1v) is 8.03. The van der Waals surface area contributed by atoms with Gasteiger partial charge in [0.15, 0.2) is 0 Å². The fourth-order valence-electron chi connectivity index (χ4n) is 1.85. The van der Waals surface area contributed by atoms with Crippen molar-refractivity contribution in [1.29, 1.82) is 0 Å². The smallest absolute Gasteiger partial charge is 0.275 e. The molecule has 6 heteroatoms. The zero-order chi connectivity index (χ0) is 15.9. The molecule has 0 bridgehead atoms. The van der Waals surface area contributed by atoms with Gasteiger partial charge in [0, 0.05) is 16.7 Å². The number of halogens is 1. The van der Waals surface area contributed by atoms with Gasteiger partial charge in [0.1, 0.15) is 11.5 Å². The molecule has 0 saturated carbocycles. The molecule has 22 heavy (non-hydrogen) atoms. The summed E-state index contributed by atoms with van der Waals surface area (Å²) in [4.78, 5) is 20.5. The largest absolute Gasteiger partial charge is 0.369 e. The number of carbonyl (C=O) groups excluding carboxylic acids is 1. The fraction of sp³-hybridized carbons (Fsp3) is 0.312. The van der Waals surface area contributed by atoms with E-state index in [1.54, 1.807) is 6.20 Å². The predicted molar refractivity (Wildman–Crippen MR) is 92.3 cm³/mol. The predicted octanol–water partition coefficient (Wildman–Crippen LogP) is 4.01. The first kappa shape index (κ1) is 16.4. The minimum absolute atomic E-state index is 0.269. The van der Waals surface area contributed by atoms with Crippen molar-refractivity contribution in [2.45, 2.75) is 26.7 Å². The number of nitrogens with one attached hydrogen (secondary N) is 2. The van der Waals surface area contributed by atoms with Crippen molar-refractivity contribution < 1.29 is 4.79 Å². The highest BCUT2D eigenvalue weighted by molar-refractivity contribution is 9.10. The minimum atomic E-state index is -0.269. The average Bonchev–Trinajstić information content (AvgIpc) is 2.52. The molecular formula is C16H19BrN4O. The van der Waals surface area contributed by atoms with Crippen molar-refractivity contribution in [3.05, 3.63) is 46.3 Å². The molecule has 2 N–H and O–H groups in total. The normalized spacial score (nSPS) is 10.3. The standard InChI is InChI=1S/C16H19BrN4O/c1-3-4-7-18-15-10-19-14(9-20-15)16(22)21-12-5-6-13(17)11(2)8-12/h5-6,8-10H,3-4,7H2,1-2H3,(H,18,20)(H,21,22). The summed E-state index contributed by atoms with van der Waals surface area (Å²) in [6, 6.07) is 5.64. The van der Waals surface area contributed by atoms with Crippen LogP contribution in [0.25, 0.3) is 0 Å². The monoisotopic (exact) mass is 362 g/mol. The molecule has 0 atom stereocenters. The summed E-state index contributed by atoms with van der Waals surface area (Å²) in [5, 5.41) is 5.98. The van der Waals surface area contributed by atoms with E-state index in [1.807, 2.05) is 25.1 Å². The van der Waals surface area contributed by atoms with E-state index in [9.17, 15) is 4.79 Å². The lowest BCUT2D eigenvalue weighted by molar-refractivity contribution is 0.102. The molecule has 1 aromatic heterocycles. The number of carbonyl (C=O) groups is 1. The number of aryl methyl sites for hydroxylation is 1. The highest BCUT2D eigenvalue weighted by Crippen LogP contribution is 2.20. The number of anilines is 2. The van der Waals surface area contributed by atoms with E-state index < -0.39 is 0 Å². The van der Waals surface area contributed by atoms with E-state index in [4.69, 9.17) is 0 Å². The van der Waals surface area contributed by atoms with Crippen LogP contribution in [0.1, 0.15) is 35.8 Å². The topological polar surface area (TPSA) is 66.9 Å². The van der Waals surface area contributed by atoms with Crippen molar-refractivity contribution in [2.75, 3.05) is 17.2 Å². The van der Waals surface area contributed by atoms with Gasteiger partial charge in [0.2, 0.25) is 0 Å². The zero-order valence-corrected chi connectivity index (χ0v) is 14.3. The highest BCUT2D eigenvalue weighted by atomic mass is 79.9. The lowest BCUT2D eigenvalue weighted by Crippen LogP contribution is -2.14. The molecule has 2 rings (SSSR count). The number of hydrogen-bond donors (Lipinski definition) is 2. The Kier molecular flexibility index (Phi) is 5.89. The molecule has 116 valence electrons. The van der Waals surface area contributed by atoms with Gasteiger partial charge in [-0.25, -0.2) is 9.97 Å². The summed E-state index contributed by atoms with van der Waals surface area (Å²) in [6.07, 6.45) is 5.26. The molecule has 0 saturated heterocycles. The molecule has 0 fully saturated rings. The molecule has 0 aliphatic rings. The van der Waals surface area contributed by atoms with Gasteiger partial charge in [-0.05, 0) is 37.1 Å². The second kappa shape index (κ2) is 7.89. The van der Waals surface area contributed by atoms with Crippen LogP contribution in [0.4, 0.5) is 11.5 Å². The summed E-state index contributed by atoms with van der Waals surface area (Å²) in [5.41, 5.74) is 2.08. The Balaban J connectivity index is 1.98. The third-order valence-corrected chi connectivity index (χ3v) is 4.03. The average molecular weight is 363 g/mol. The molecule has 1 heterocycles. The zero-order valence-electron chi connectivity index (χ0n) is 12.7. The van der Waals surface area contributed by atoms with Crippen LogP contribution in [0.15, 0.2) is 35.1 Å². The number of unbranched alkanes of at least 4 members (excludes halogenated alkanes) is 1. The highest BCUT2D eigenvalue weighted by Gasteiger charge is 2.09. The van der Waals surface area contributed by atoms with Crippen LogP contribution in [0.2, 0.25) is 0 Å². The molecule has 5 nitrogen and oxygen atoms in total. The number of hydrogen-bond acceptors (Lipinski definition) is 4. The van der Waals surface area contributed by atoms with E-state index in [0.29, 0.717) is 11.5 Å². The number of rotatable bonds is 6. The Morgan fingerprint density at radius 2 is 2.09 bits per heavy atom. The lowest BCUT2D eigenvalue weighted by atomic mass is 10.2. The number of amides is 1. The van der Waals surface area contributed by atoms with Gasteiger partial charge in [0.05, 0.1) is 12.4 Å². The summed E-state index contributed by atoms with van der Waals surface area (Å²) >= 11 is 3.43. The molecule has 0 unspecified atom stereocenters. The van der Waals surface area contributed by atoms with Crippen LogP contribution in [-0.4, -0.2) is 22.4 Å². The fourth-order valence-corrected chi connectivity index (χ4v) is 2.09.